The van der Waals surface area contributed by atoms with Gasteiger partial charge in [0.1, 0.15) is 17.7 Å². The summed E-state index contributed by atoms with van der Waals surface area (Å²) in [6.45, 7) is 5.80. The van der Waals surface area contributed by atoms with Crippen molar-refractivity contribution in [3.05, 3.63) is 41.2 Å². The Kier molecular flexibility index (Phi) is 3.72. The van der Waals surface area contributed by atoms with E-state index in [1.165, 1.54) is 6.07 Å². The third-order valence-corrected chi connectivity index (χ3v) is 2.75. The lowest BCUT2D eigenvalue weighted by molar-refractivity contribution is 0.101. The summed E-state index contributed by atoms with van der Waals surface area (Å²) in [5.41, 5.74) is -0.0138. The normalized spacial score (nSPS) is 11.0. The first kappa shape index (κ1) is 14.7. The molecule has 108 valence electrons. The fourth-order valence-corrected chi connectivity index (χ4v) is 1.59. The predicted octanol–water partition coefficient (Wildman–Crippen LogP) is 2.37. The molecule has 0 bridgehead atoms. The molecule has 6 nitrogen and oxygen atoms in total. The summed E-state index contributed by atoms with van der Waals surface area (Å²) in [6, 6.07) is 5.35. The Balaban J connectivity index is 2.23. The fraction of sp³-hybridized carbons (Fsp3) is 0.286. The zero-order valence-electron chi connectivity index (χ0n) is 11.9. The monoisotopic (exact) mass is 287 g/mol. The van der Waals surface area contributed by atoms with Crippen LogP contribution in [0.4, 0.5) is 10.1 Å². The molecule has 0 aliphatic heterocycles. The second-order valence-electron chi connectivity index (χ2n) is 5.51. The maximum atomic E-state index is 13.0. The highest BCUT2D eigenvalue weighted by atomic mass is 19.1. The van der Waals surface area contributed by atoms with E-state index in [9.17, 15) is 9.18 Å². The molecule has 2 rings (SSSR count). The van der Waals surface area contributed by atoms with Gasteiger partial charge in [-0.3, -0.25) is 9.89 Å². The molecule has 1 aromatic carbocycles. The van der Waals surface area contributed by atoms with E-state index in [0.29, 0.717) is 5.82 Å². The second kappa shape index (κ2) is 5.32. The number of nitrogens with one attached hydrogen (secondary N) is 2. The number of carbonyl (C=O) groups excluding carboxylic acids is 1. The highest BCUT2D eigenvalue weighted by Crippen LogP contribution is 2.19. The summed E-state index contributed by atoms with van der Waals surface area (Å²) in [7, 11) is 0. The number of aromatic amines is 1. The Morgan fingerprint density at radius 2 is 2.14 bits per heavy atom. The summed E-state index contributed by atoms with van der Waals surface area (Å²) in [5.74, 6) is -0.567. The molecule has 2 N–H and O–H groups in total. The van der Waals surface area contributed by atoms with Crippen molar-refractivity contribution < 1.29 is 9.18 Å². The SMILES string of the molecule is CC(C)(C)c1nc(C(=O)Nc2ccc(F)cc2C#N)n[nH]1. The Labute approximate surface area is 121 Å². The van der Waals surface area contributed by atoms with E-state index < -0.39 is 11.7 Å². The number of benzene rings is 1. The minimum atomic E-state index is -0.565. The molecule has 0 aliphatic carbocycles. The molecule has 1 amide bonds. The number of nitriles is 1. The summed E-state index contributed by atoms with van der Waals surface area (Å²) in [6.07, 6.45) is 0. The molecule has 0 saturated carbocycles. The van der Waals surface area contributed by atoms with E-state index >= 15 is 0 Å². The van der Waals surface area contributed by atoms with Crippen molar-refractivity contribution in [1.82, 2.24) is 15.2 Å². The van der Waals surface area contributed by atoms with Gasteiger partial charge >= 0.3 is 0 Å². The third-order valence-electron chi connectivity index (χ3n) is 2.75. The Bertz CT molecular complexity index is 724. The van der Waals surface area contributed by atoms with Crippen LogP contribution in [0.25, 0.3) is 0 Å². The van der Waals surface area contributed by atoms with E-state index in [2.05, 4.69) is 20.5 Å². The highest BCUT2D eigenvalue weighted by molar-refractivity contribution is 6.02. The molecule has 0 saturated heterocycles. The number of aromatic nitrogens is 3. The molecule has 1 heterocycles. The molecule has 0 atom stereocenters. The average Bonchev–Trinajstić information content (AvgIpc) is 2.90. The lowest BCUT2D eigenvalue weighted by Gasteiger charge is -2.12. The summed E-state index contributed by atoms with van der Waals surface area (Å²) in [5, 5.41) is 18.0. The zero-order valence-corrected chi connectivity index (χ0v) is 11.9. The summed E-state index contributed by atoms with van der Waals surface area (Å²) >= 11 is 0. The number of amides is 1. The number of halogens is 1. The van der Waals surface area contributed by atoms with Gasteiger partial charge in [-0.15, -0.1) is 5.10 Å². The molecule has 7 heteroatoms. The third kappa shape index (κ3) is 3.23. The first-order chi connectivity index (χ1) is 9.81. The molecule has 21 heavy (non-hydrogen) atoms. The van der Waals surface area contributed by atoms with Gasteiger partial charge < -0.3 is 5.32 Å². The first-order valence-corrected chi connectivity index (χ1v) is 6.25. The lowest BCUT2D eigenvalue weighted by atomic mass is 9.96. The van der Waals surface area contributed by atoms with Crippen LogP contribution in [-0.4, -0.2) is 21.1 Å². The van der Waals surface area contributed by atoms with Crippen molar-refractivity contribution in [2.75, 3.05) is 5.32 Å². The lowest BCUT2D eigenvalue weighted by Crippen LogP contribution is -2.16. The molecule has 2 aromatic rings. The van der Waals surface area contributed by atoms with E-state index in [0.717, 1.165) is 12.1 Å². The van der Waals surface area contributed by atoms with Gasteiger partial charge in [-0.2, -0.15) is 5.26 Å². The van der Waals surface area contributed by atoms with Gasteiger partial charge in [0.2, 0.25) is 5.82 Å². The number of hydrogen-bond donors (Lipinski definition) is 2. The van der Waals surface area contributed by atoms with Crippen LogP contribution in [0.3, 0.4) is 0 Å². The molecule has 0 unspecified atom stereocenters. The molecule has 0 radical (unpaired) electrons. The smallest absolute Gasteiger partial charge is 0.295 e. The van der Waals surface area contributed by atoms with Gasteiger partial charge in [-0.1, -0.05) is 20.8 Å². The van der Waals surface area contributed by atoms with Gasteiger partial charge in [-0.05, 0) is 18.2 Å². The average molecular weight is 287 g/mol. The first-order valence-electron chi connectivity index (χ1n) is 6.25. The van der Waals surface area contributed by atoms with E-state index in [1.54, 1.807) is 0 Å². The second-order valence-corrected chi connectivity index (χ2v) is 5.51. The van der Waals surface area contributed by atoms with Gasteiger partial charge in [-0.25, -0.2) is 9.37 Å². The van der Waals surface area contributed by atoms with Crippen LogP contribution in [0.2, 0.25) is 0 Å². The Morgan fingerprint density at radius 3 is 2.71 bits per heavy atom. The van der Waals surface area contributed by atoms with Gasteiger partial charge in [0.15, 0.2) is 0 Å². The number of nitrogens with zero attached hydrogens (tertiary/aromatic N) is 3. The van der Waals surface area contributed by atoms with Crippen molar-refractivity contribution in [3.8, 4) is 6.07 Å². The fourth-order valence-electron chi connectivity index (χ4n) is 1.59. The molecular formula is C14H14FN5O. The van der Waals surface area contributed by atoms with Gasteiger partial charge in [0.25, 0.3) is 5.91 Å². The molecule has 1 aromatic heterocycles. The van der Waals surface area contributed by atoms with Gasteiger partial charge in [0.05, 0.1) is 11.3 Å². The van der Waals surface area contributed by atoms with Gasteiger partial charge in [0, 0.05) is 5.41 Å². The quantitative estimate of drug-likeness (QED) is 0.886. The molecule has 0 fully saturated rings. The number of rotatable bonds is 2. The molecular weight excluding hydrogens is 273 g/mol. The standard InChI is InChI=1S/C14H14FN5O/c1-14(2,3)13-18-11(19-20-13)12(21)17-10-5-4-9(15)6-8(10)7-16/h4-6H,1-3H3,(H,17,21)(H,18,19,20). The van der Waals surface area contributed by atoms with Crippen LogP contribution in [0.5, 0.6) is 0 Å². The number of carbonyl (C=O) groups is 1. The summed E-state index contributed by atoms with van der Waals surface area (Å²) < 4.78 is 13.0. The highest BCUT2D eigenvalue weighted by Gasteiger charge is 2.21. The van der Waals surface area contributed by atoms with Crippen LogP contribution in [0.15, 0.2) is 18.2 Å². The number of anilines is 1. The van der Waals surface area contributed by atoms with Crippen LogP contribution in [0, 0.1) is 17.1 Å². The van der Waals surface area contributed by atoms with E-state index in [1.807, 2.05) is 26.8 Å². The van der Waals surface area contributed by atoms with Crippen molar-refractivity contribution in [2.45, 2.75) is 26.2 Å². The van der Waals surface area contributed by atoms with Crippen molar-refractivity contribution in [3.63, 3.8) is 0 Å². The predicted molar refractivity (Wildman–Crippen MR) is 74.2 cm³/mol. The topological polar surface area (TPSA) is 94.5 Å². The molecule has 0 spiro atoms. The van der Waals surface area contributed by atoms with Crippen LogP contribution < -0.4 is 5.32 Å². The van der Waals surface area contributed by atoms with Crippen LogP contribution >= 0.6 is 0 Å². The zero-order chi connectivity index (χ0) is 15.6. The maximum Gasteiger partial charge on any atom is 0.295 e. The largest absolute Gasteiger partial charge is 0.318 e. The van der Waals surface area contributed by atoms with Crippen molar-refractivity contribution >= 4 is 11.6 Å². The number of H-pyrrole nitrogens is 1. The van der Waals surface area contributed by atoms with Crippen molar-refractivity contribution in [2.24, 2.45) is 0 Å². The van der Waals surface area contributed by atoms with Crippen LogP contribution in [-0.2, 0) is 5.41 Å². The van der Waals surface area contributed by atoms with Crippen molar-refractivity contribution in [1.29, 1.82) is 5.26 Å². The molecule has 0 aliphatic rings. The minimum absolute atomic E-state index is 0.0341. The maximum absolute atomic E-state index is 13.0. The number of hydrogen-bond acceptors (Lipinski definition) is 4. The summed E-state index contributed by atoms with van der Waals surface area (Å²) in [4.78, 5) is 16.2. The van der Waals surface area contributed by atoms with E-state index in [-0.39, 0.29) is 22.5 Å². The van der Waals surface area contributed by atoms with E-state index in [4.69, 9.17) is 5.26 Å². The Hall–Kier alpha value is -2.75. The van der Waals surface area contributed by atoms with Crippen LogP contribution in [0.1, 0.15) is 42.8 Å². The Morgan fingerprint density at radius 1 is 1.43 bits per heavy atom. The minimum Gasteiger partial charge on any atom is -0.318 e.